The van der Waals surface area contributed by atoms with E-state index in [0.29, 0.717) is 0 Å². The van der Waals surface area contributed by atoms with Crippen LogP contribution in [0.25, 0.3) is 0 Å². The summed E-state index contributed by atoms with van der Waals surface area (Å²) in [6.45, 7) is 3.39. The zero-order chi connectivity index (χ0) is 11.0. The summed E-state index contributed by atoms with van der Waals surface area (Å²) in [7, 11) is 0. The summed E-state index contributed by atoms with van der Waals surface area (Å²) in [5.74, 6) is 1.82. The Bertz CT molecular complexity index is 361. The van der Waals surface area contributed by atoms with Crippen LogP contribution in [-0.4, -0.2) is 6.04 Å². The number of hydrogen-bond donors (Lipinski definition) is 1. The molecule has 0 amide bonds. The van der Waals surface area contributed by atoms with Crippen LogP contribution in [0.1, 0.15) is 49.7 Å². The van der Waals surface area contributed by atoms with Crippen LogP contribution in [0, 0.1) is 5.92 Å². The van der Waals surface area contributed by atoms with Gasteiger partial charge in [0.15, 0.2) is 0 Å². The van der Waals surface area contributed by atoms with Gasteiger partial charge in [-0.3, -0.25) is 0 Å². The Kier molecular flexibility index (Phi) is 2.72. The Morgan fingerprint density at radius 3 is 2.75 bits per heavy atom. The fraction of sp³-hybridized carbons (Fsp3) is 0.600. The Morgan fingerprint density at radius 1 is 1.25 bits per heavy atom. The molecule has 2 aliphatic rings. The van der Waals surface area contributed by atoms with Gasteiger partial charge in [0, 0.05) is 12.6 Å². The molecule has 0 spiro atoms. The lowest BCUT2D eigenvalue weighted by Gasteiger charge is -2.33. The molecule has 16 heavy (non-hydrogen) atoms. The summed E-state index contributed by atoms with van der Waals surface area (Å²) in [5, 5.41) is 3.65. The number of nitrogens with one attached hydrogen (secondary N) is 1. The number of benzene rings is 1. The Morgan fingerprint density at radius 2 is 2.06 bits per heavy atom. The standard InChI is InChI=1S/C15H21N/c1-11-7-15(8-11)16-10-12-3-2-4-14(9-12)13-5-6-13/h2-4,9,11,13,15-16H,5-8,10H2,1H3. The van der Waals surface area contributed by atoms with Crippen LogP contribution in [0.15, 0.2) is 24.3 Å². The van der Waals surface area contributed by atoms with Crippen LogP contribution in [-0.2, 0) is 6.54 Å². The van der Waals surface area contributed by atoms with Gasteiger partial charge in [-0.05, 0) is 48.6 Å². The first kappa shape index (κ1) is 10.3. The Labute approximate surface area is 98.3 Å². The predicted molar refractivity (Wildman–Crippen MR) is 67.4 cm³/mol. The molecule has 1 N–H and O–H groups in total. The summed E-state index contributed by atoms with van der Waals surface area (Å²) < 4.78 is 0. The number of rotatable bonds is 4. The topological polar surface area (TPSA) is 12.0 Å². The minimum atomic E-state index is 0.777. The third-order valence-electron chi connectivity index (χ3n) is 3.97. The maximum Gasteiger partial charge on any atom is 0.0208 e. The lowest BCUT2D eigenvalue weighted by atomic mass is 9.82. The molecular weight excluding hydrogens is 194 g/mol. The summed E-state index contributed by atoms with van der Waals surface area (Å²) >= 11 is 0. The highest BCUT2D eigenvalue weighted by Crippen LogP contribution is 2.40. The molecule has 86 valence electrons. The van der Waals surface area contributed by atoms with E-state index in [4.69, 9.17) is 0 Å². The van der Waals surface area contributed by atoms with E-state index in [9.17, 15) is 0 Å². The lowest BCUT2D eigenvalue weighted by Crippen LogP contribution is -2.39. The van der Waals surface area contributed by atoms with E-state index < -0.39 is 0 Å². The van der Waals surface area contributed by atoms with Gasteiger partial charge < -0.3 is 5.32 Å². The van der Waals surface area contributed by atoms with Crippen LogP contribution in [0.5, 0.6) is 0 Å². The molecule has 1 heteroatoms. The molecule has 0 saturated heterocycles. The second kappa shape index (κ2) is 4.21. The first-order valence-corrected chi connectivity index (χ1v) is 6.63. The summed E-state index contributed by atoms with van der Waals surface area (Å²) in [5.41, 5.74) is 3.02. The zero-order valence-corrected chi connectivity index (χ0v) is 10.1. The normalized spacial score (nSPS) is 28.8. The fourth-order valence-corrected chi connectivity index (χ4v) is 2.70. The van der Waals surface area contributed by atoms with Crippen LogP contribution < -0.4 is 5.32 Å². The largest absolute Gasteiger partial charge is 0.310 e. The van der Waals surface area contributed by atoms with Gasteiger partial charge in [0.1, 0.15) is 0 Å². The first-order chi connectivity index (χ1) is 7.81. The zero-order valence-electron chi connectivity index (χ0n) is 10.1. The molecule has 0 heterocycles. The third kappa shape index (κ3) is 2.30. The smallest absolute Gasteiger partial charge is 0.0208 e. The van der Waals surface area contributed by atoms with E-state index in [0.717, 1.165) is 24.4 Å². The summed E-state index contributed by atoms with van der Waals surface area (Å²) in [4.78, 5) is 0. The lowest BCUT2D eigenvalue weighted by molar-refractivity contribution is 0.240. The average molecular weight is 215 g/mol. The highest BCUT2D eigenvalue weighted by atomic mass is 14.9. The van der Waals surface area contributed by atoms with E-state index in [2.05, 4.69) is 36.5 Å². The van der Waals surface area contributed by atoms with Crippen LogP contribution in [0.4, 0.5) is 0 Å². The molecule has 1 aromatic rings. The van der Waals surface area contributed by atoms with Gasteiger partial charge in [-0.25, -0.2) is 0 Å². The quantitative estimate of drug-likeness (QED) is 0.811. The summed E-state index contributed by atoms with van der Waals surface area (Å²) in [6, 6.07) is 9.92. The SMILES string of the molecule is CC1CC(NCc2cccc(C3CC3)c2)C1. The summed E-state index contributed by atoms with van der Waals surface area (Å²) in [6.07, 6.45) is 5.53. The van der Waals surface area contributed by atoms with E-state index in [-0.39, 0.29) is 0 Å². The molecule has 0 atom stereocenters. The van der Waals surface area contributed by atoms with Crippen LogP contribution >= 0.6 is 0 Å². The van der Waals surface area contributed by atoms with Crippen molar-refractivity contribution in [3.63, 3.8) is 0 Å². The Hall–Kier alpha value is -0.820. The van der Waals surface area contributed by atoms with Gasteiger partial charge in [-0.15, -0.1) is 0 Å². The van der Waals surface area contributed by atoms with Crippen molar-refractivity contribution in [3.05, 3.63) is 35.4 Å². The van der Waals surface area contributed by atoms with Crippen molar-refractivity contribution in [1.29, 1.82) is 0 Å². The molecule has 3 rings (SSSR count). The maximum atomic E-state index is 3.65. The molecule has 2 aliphatic carbocycles. The molecule has 2 fully saturated rings. The second-order valence-electron chi connectivity index (χ2n) is 5.67. The van der Waals surface area contributed by atoms with Crippen molar-refractivity contribution in [2.75, 3.05) is 0 Å². The van der Waals surface area contributed by atoms with E-state index >= 15 is 0 Å². The van der Waals surface area contributed by atoms with Crippen LogP contribution in [0.3, 0.4) is 0 Å². The minimum absolute atomic E-state index is 0.777. The molecule has 0 aliphatic heterocycles. The number of hydrogen-bond acceptors (Lipinski definition) is 1. The van der Waals surface area contributed by atoms with Gasteiger partial charge >= 0.3 is 0 Å². The van der Waals surface area contributed by atoms with Gasteiger partial charge in [0.2, 0.25) is 0 Å². The molecule has 0 aromatic heterocycles. The predicted octanol–water partition coefficient (Wildman–Crippen LogP) is 3.45. The van der Waals surface area contributed by atoms with E-state index in [1.54, 1.807) is 5.56 Å². The van der Waals surface area contributed by atoms with Crippen molar-refractivity contribution in [1.82, 2.24) is 5.32 Å². The molecular formula is C15H21N. The Balaban J connectivity index is 1.55. The molecule has 0 bridgehead atoms. The van der Waals surface area contributed by atoms with Crippen molar-refractivity contribution >= 4 is 0 Å². The highest BCUT2D eigenvalue weighted by Gasteiger charge is 2.25. The van der Waals surface area contributed by atoms with Crippen molar-refractivity contribution in [3.8, 4) is 0 Å². The maximum absolute atomic E-state index is 3.65. The van der Waals surface area contributed by atoms with Gasteiger partial charge in [-0.1, -0.05) is 31.2 Å². The van der Waals surface area contributed by atoms with E-state index in [1.165, 1.54) is 31.2 Å². The molecule has 0 unspecified atom stereocenters. The second-order valence-corrected chi connectivity index (χ2v) is 5.67. The average Bonchev–Trinajstić information content (AvgIpc) is 3.07. The van der Waals surface area contributed by atoms with Crippen molar-refractivity contribution in [2.45, 2.75) is 51.1 Å². The van der Waals surface area contributed by atoms with Crippen molar-refractivity contribution in [2.24, 2.45) is 5.92 Å². The minimum Gasteiger partial charge on any atom is -0.310 e. The van der Waals surface area contributed by atoms with Gasteiger partial charge in [0.25, 0.3) is 0 Å². The third-order valence-corrected chi connectivity index (χ3v) is 3.97. The van der Waals surface area contributed by atoms with E-state index in [1.807, 2.05) is 0 Å². The first-order valence-electron chi connectivity index (χ1n) is 6.63. The molecule has 0 radical (unpaired) electrons. The molecule has 1 aromatic carbocycles. The van der Waals surface area contributed by atoms with Gasteiger partial charge in [-0.2, -0.15) is 0 Å². The highest BCUT2D eigenvalue weighted by molar-refractivity contribution is 5.29. The monoisotopic (exact) mass is 215 g/mol. The van der Waals surface area contributed by atoms with Crippen LogP contribution in [0.2, 0.25) is 0 Å². The van der Waals surface area contributed by atoms with Crippen molar-refractivity contribution < 1.29 is 0 Å². The molecule has 2 saturated carbocycles. The fourth-order valence-electron chi connectivity index (χ4n) is 2.70. The van der Waals surface area contributed by atoms with Gasteiger partial charge in [0.05, 0.1) is 0 Å². The molecule has 1 nitrogen and oxygen atoms in total.